The molecule has 0 aliphatic heterocycles. The number of carbonyl (C=O) groups excluding carboxylic acids is 1. The van der Waals surface area contributed by atoms with Crippen molar-refractivity contribution in [2.24, 2.45) is 11.1 Å². The highest BCUT2D eigenvalue weighted by atomic mass is 35.5. The molecule has 0 bridgehead atoms. The van der Waals surface area contributed by atoms with Crippen LogP contribution in [0.5, 0.6) is 0 Å². The third-order valence-corrected chi connectivity index (χ3v) is 3.31. The van der Waals surface area contributed by atoms with E-state index >= 15 is 0 Å². The maximum absolute atomic E-state index is 12.1. The Bertz CT molecular complexity index is 418. The Morgan fingerprint density at radius 3 is 2.56 bits per heavy atom. The van der Waals surface area contributed by atoms with E-state index in [1.807, 2.05) is 32.0 Å². The van der Waals surface area contributed by atoms with Gasteiger partial charge in [-0.1, -0.05) is 43.6 Å². The fourth-order valence-corrected chi connectivity index (χ4v) is 1.94. The van der Waals surface area contributed by atoms with Crippen LogP contribution in [0.1, 0.15) is 19.4 Å². The first-order valence-electron chi connectivity index (χ1n) is 6.03. The van der Waals surface area contributed by atoms with Gasteiger partial charge in [-0.25, -0.2) is 0 Å². The fraction of sp³-hybridized carbons (Fsp3) is 0.500. The lowest BCUT2D eigenvalue weighted by Crippen LogP contribution is -2.40. The summed E-state index contributed by atoms with van der Waals surface area (Å²) in [6.07, 6.45) is 0.330. The van der Waals surface area contributed by atoms with Crippen LogP contribution >= 0.6 is 11.6 Å². The zero-order valence-electron chi connectivity index (χ0n) is 11.2. The van der Waals surface area contributed by atoms with E-state index in [0.717, 1.165) is 5.56 Å². The van der Waals surface area contributed by atoms with Crippen LogP contribution in [0, 0.1) is 5.41 Å². The predicted molar refractivity (Wildman–Crippen MR) is 75.6 cm³/mol. The average molecular weight is 269 g/mol. The molecule has 0 spiro atoms. The maximum Gasteiger partial charge on any atom is 0.226 e. The van der Waals surface area contributed by atoms with Gasteiger partial charge in [0.1, 0.15) is 0 Å². The minimum absolute atomic E-state index is 0.0598. The Morgan fingerprint density at radius 1 is 1.39 bits per heavy atom. The summed E-state index contributed by atoms with van der Waals surface area (Å²) in [6.45, 7) is 5.29. The second-order valence-electron chi connectivity index (χ2n) is 5.39. The Kier molecular flexibility index (Phi) is 5.17. The van der Waals surface area contributed by atoms with E-state index in [-0.39, 0.29) is 11.3 Å². The summed E-state index contributed by atoms with van der Waals surface area (Å²) in [5, 5.41) is 0.636. The van der Waals surface area contributed by atoms with E-state index < -0.39 is 0 Å². The van der Waals surface area contributed by atoms with Gasteiger partial charge in [0.05, 0.1) is 6.42 Å². The van der Waals surface area contributed by atoms with Gasteiger partial charge in [0, 0.05) is 18.6 Å². The van der Waals surface area contributed by atoms with E-state index in [1.54, 1.807) is 18.0 Å². The molecule has 1 amide bonds. The van der Waals surface area contributed by atoms with E-state index in [4.69, 9.17) is 17.3 Å². The molecule has 2 N–H and O–H groups in total. The third-order valence-electron chi connectivity index (χ3n) is 2.94. The topological polar surface area (TPSA) is 46.3 Å². The van der Waals surface area contributed by atoms with Crippen LogP contribution in [0.2, 0.25) is 5.02 Å². The zero-order chi connectivity index (χ0) is 13.8. The smallest absolute Gasteiger partial charge is 0.226 e. The fourth-order valence-electron chi connectivity index (χ4n) is 1.73. The molecule has 0 heterocycles. The molecule has 0 radical (unpaired) electrons. The summed E-state index contributed by atoms with van der Waals surface area (Å²) < 4.78 is 0. The SMILES string of the molecule is CN(CC(C)(C)CN)C(=O)Cc1ccccc1Cl. The van der Waals surface area contributed by atoms with Gasteiger partial charge in [-0.05, 0) is 23.6 Å². The van der Waals surface area contributed by atoms with E-state index in [1.165, 1.54) is 0 Å². The molecule has 0 unspecified atom stereocenters. The van der Waals surface area contributed by atoms with Crippen LogP contribution in [0.15, 0.2) is 24.3 Å². The summed E-state index contributed by atoms with van der Waals surface area (Å²) >= 11 is 6.04. The Hall–Kier alpha value is -1.06. The van der Waals surface area contributed by atoms with Gasteiger partial charge in [0.15, 0.2) is 0 Å². The van der Waals surface area contributed by atoms with Gasteiger partial charge in [-0.3, -0.25) is 4.79 Å². The van der Waals surface area contributed by atoms with Crippen molar-refractivity contribution in [3.05, 3.63) is 34.9 Å². The van der Waals surface area contributed by atoms with Crippen LogP contribution in [-0.2, 0) is 11.2 Å². The van der Waals surface area contributed by atoms with Gasteiger partial charge in [0.25, 0.3) is 0 Å². The molecule has 3 nitrogen and oxygen atoms in total. The van der Waals surface area contributed by atoms with Crippen molar-refractivity contribution >= 4 is 17.5 Å². The normalized spacial score (nSPS) is 11.4. The molecule has 1 aromatic carbocycles. The Labute approximate surface area is 114 Å². The summed E-state index contributed by atoms with van der Waals surface area (Å²) in [7, 11) is 1.80. The lowest BCUT2D eigenvalue weighted by Gasteiger charge is -2.29. The van der Waals surface area contributed by atoms with E-state index in [2.05, 4.69) is 0 Å². The standard InChI is InChI=1S/C14H21ClN2O/c1-14(2,9-16)10-17(3)13(18)8-11-6-4-5-7-12(11)15/h4-7H,8-10,16H2,1-3H3. The lowest BCUT2D eigenvalue weighted by molar-refractivity contribution is -0.130. The maximum atomic E-state index is 12.1. The highest BCUT2D eigenvalue weighted by Crippen LogP contribution is 2.18. The van der Waals surface area contributed by atoms with Crippen molar-refractivity contribution in [1.82, 2.24) is 4.90 Å². The minimum atomic E-state index is -0.0646. The average Bonchev–Trinajstić information content (AvgIpc) is 2.31. The molecule has 0 saturated heterocycles. The zero-order valence-corrected chi connectivity index (χ0v) is 12.0. The minimum Gasteiger partial charge on any atom is -0.345 e. The summed E-state index contributed by atoms with van der Waals surface area (Å²) in [4.78, 5) is 13.8. The monoisotopic (exact) mass is 268 g/mol. The van der Waals surface area contributed by atoms with Crippen molar-refractivity contribution in [2.45, 2.75) is 20.3 Å². The summed E-state index contributed by atoms with van der Waals surface area (Å²) in [6, 6.07) is 7.42. The third kappa shape index (κ3) is 4.31. The number of rotatable bonds is 5. The molecule has 0 aliphatic rings. The van der Waals surface area contributed by atoms with Crippen molar-refractivity contribution < 1.29 is 4.79 Å². The van der Waals surface area contributed by atoms with Gasteiger partial charge < -0.3 is 10.6 Å². The van der Waals surface area contributed by atoms with Gasteiger partial charge in [-0.15, -0.1) is 0 Å². The van der Waals surface area contributed by atoms with E-state index in [9.17, 15) is 4.79 Å². The summed E-state index contributed by atoms with van der Waals surface area (Å²) in [5.41, 5.74) is 6.47. The van der Waals surface area contributed by atoms with Gasteiger partial charge in [-0.2, -0.15) is 0 Å². The molecule has 18 heavy (non-hydrogen) atoms. The van der Waals surface area contributed by atoms with Crippen LogP contribution < -0.4 is 5.73 Å². The molecule has 0 saturated carbocycles. The van der Waals surface area contributed by atoms with Crippen LogP contribution in [0.25, 0.3) is 0 Å². The Balaban J connectivity index is 2.64. The highest BCUT2D eigenvalue weighted by Gasteiger charge is 2.21. The van der Waals surface area contributed by atoms with Crippen LogP contribution in [-0.4, -0.2) is 30.9 Å². The number of halogens is 1. The Morgan fingerprint density at radius 2 is 2.00 bits per heavy atom. The number of likely N-dealkylation sites (N-methyl/N-ethyl adjacent to an activating group) is 1. The number of carbonyl (C=O) groups is 1. The second kappa shape index (κ2) is 6.21. The van der Waals surface area contributed by atoms with Crippen molar-refractivity contribution in [2.75, 3.05) is 20.1 Å². The molecule has 100 valence electrons. The molecule has 0 atom stereocenters. The number of amides is 1. The van der Waals surface area contributed by atoms with Crippen molar-refractivity contribution in [1.29, 1.82) is 0 Å². The first-order valence-corrected chi connectivity index (χ1v) is 6.41. The number of hydrogen-bond donors (Lipinski definition) is 1. The van der Waals surface area contributed by atoms with Crippen LogP contribution in [0.4, 0.5) is 0 Å². The first-order chi connectivity index (χ1) is 8.35. The summed E-state index contributed by atoms with van der Waals surface area (Å²) in [5.74, 6) is 0.0598. The molecule has 0 aromatic heterocycles. The van der Waals surface area contributed by atoms with Crippen molar-refractivity contribution in [3.63, 3.8) is 0 Å². The van der Waals surface area contributed by atoms with Gasteiger partial charge in [0.2, 0.25) is 5.91 Å². The molecule has 4 heteroatoms. The quantitative estimate of drug-likeness (QED) is 0.891. The van der Waals surface area contributed by atoms with Crippen molar-refractivity contribution in [3.8, 4) is 0 Å². The number of nitrogens with two attached hydrogens (primary N) is 1. The number of benzene rings is 1. The molecule has 1 rings (SSSR count). The lowest BCUT2D eigenvalue weighted by atomic mass is 9.93. The molecular formula is C14H21ClN2O. The molecule has 1 aromatic rings. The highest BCUT2D eigenvalue weighted by molar-refractivity contribution is 6.31. The molecular weight excluding hydrogens is 248 g/mol. The predicted octanol–water partition coefficient (Wildman–Crippen LogP) is 2.33. The van der Waals surface area contributed by atoms with Gasteiger partial charge >= 0.3 is 0 Å². The molecule has 0 fully saturated rings. The number of hydrogen-bond acceptors (Lipinski definition) is 2. The van der Waals surface area contributed by atoms with Crippen LogP contribution in [0.3, 0.4) is 0 Å². The molecule has 0 aliphatic carbocycles. The first kappa shape index (κ1) is 15.0. The number of nitrogens with zero attached hydrogens (tertiary/aromatic N) is 1. The van der Waals surface area contributed by atoms with E-state index in [0.29, 0.717) is 24.5 Å². The largest absolute Gasteiger partial charge is 0.345 e. The second-order valence-corrected chi connectivity index (χ2v) is 5.79.